The predicted molar refractivity (Wildman–Crippen MR) is 56.1 cm³/mol. The molecular formula is C10H11F2NO2S. The number of benzene rings is 1. The highest BCUT2D eigenvalue weighted by molar-refractivity contribution is 7.91. The minimum absolute atomic E-state index is 0.139. The van der Waals surface area contributed by atoms with E-state index in [2.05, 4.69) is 5.32 Å². The van der Waals surface area contributed by atoms with Crippen LogP contribution in [0.25, 0.3) is 0 Å². The van der Waals surface area contributed by atoms with Gasteiger partial charge in [-0.15, -0.1) is 0 Å². The van der Waals surface area contributed by atoms with Gasteiger partial charge in [-0.1, -0.05) is 6.92 Å². The Morgan fingerprint density at radius 2 is 2.06 bits per heavy atom. The van der Waals surface area contributed by atoms with Crippen molar-refractivity contribution in [1.29, 1.82) is 0 Å². The zero-order valence-corrected chi connectivity index (χ0v) is 9.44. The minimum Gasteiger partial charge on any atom is -0.384 e. The van der Waals surface area contributed by atoms with E-state index in [4.69, 9.17) is 0 Å². The highest BCUT2D eigenvalue weighted by Gasteiger charge is 2.30. The molecule has 1 aliphatic heterocycles. The van der Waals surface area contributed by atoms with Crippen molar-refractivity contribution in [1.82, 2.24) is 0 Å². The number of anilines is 1. The number of hydrogen-bond acceptors (Lipinski definition) is 3. The summed E-state index contributed by atoms with van der Waals surface area (Å²) >= 11 is 0. The summed E-state index contributed by atoms with van der Waals surface area (Å²) in [5.74, 6) is -2.74. The number of nitrogens with one attached hydrogen (secondary N) is 1. The summed E-state index contributed by atoms with van der Waals surface area (Å²) in [5, 5.41) is 2.81. The summed E-state index contributed by atoms with van der Waals surface area (Å²) in [6.45, 7) is 2.17. The van der Waals surface area contributed by atoms with Gasteiger partial charge in [0.05, 0.1) is 11.4 Å². The van der Waals surface area contributed by atoms with Crippen molar-refractivity contribution >= 4 is 15.5 Å². The molecule has 0 spiro atoms. The third-order valence-electron chi connectivity index (χ3n) is 2.51. The summed E-state index contributed by atoms with van der Waals surface area (Å²) in [6, 6.07) is 2.18. The van der Waals surface area contributed by atoms with Gasteiger partial charge in [-0.3, -0.25) is 0 Å². The Morgan fingerprint density at radius 1 is 1.38 bits per heavy atom. The van der Waals surface area contributed by atoms with E-state index in [1.165, 1.54) is 6.07 Å². The molecule has 1 atom stereocenters. The molecule has 1 N–H and O–H groups in total. The fraction of sp³-hybridized carbons (Fsp3) is 0.400. The average molecular weight is 247 g/mol. The SMILES string of the molecule is CC1CNc2ccc(F)c(F)c2S(=O)(=O)C1. The van der Waals surface area contributed by atoms with Crippen LogP contribution in [0.4, 0.5) is 14.5 Å². The van der Waals surface area contributed by atoms with E-state index >= 15 is 0 Å². The molecular weight excluding hydrogens is 236 g/mol. The Balaban J connectivity index is 2.70. The van der Waals surface area contributed by atoms with E-state index in [9.17, 15) is 17.2 Å². The van der Waals surface area contributed by atoms with Crippen molar-refractivity contribution in [2.45, 2.75) is 11.8 Å². The number of halogens is 2. The van der Waals surface area contributed by atoms with E-state index in [1.54, 1.807) is 6.92 Å². The van der Waals surface area contributed by atoms with Gasteiger partial charge in [0.2, 0.25) is 0 Å². The van der Waals surface area contributed by atoms with Crippen LogP contribution in [0.1, 0.15) is 6.92 Å². The molecule has 2 rings (SSSR count). The molecule has 6 heteroatoms. The second-order valence-electron chi connectivity index (χ2n) is 4.01. The van der Waals surface area contributed by atoms with Crippen LogP contribution in [0, 0.1) is 17.6 Å². The predicted octanol–water partition coefficient (Wildman–Crippen LogP) is 1.80. The van der Waals surface area contributed by atoms with Crippen LogP contribution >= 0.6 is 0 Å². The van der Waals surface area contributed by atoms with Crippen molar-refractivity contribution in [2.75, 3.05) is 17.6 Å². The Kier molecular flexibility index (Phi) is 2.61. The largest absolute Gasteiger partial charge is 0.384 e. The maximum Gasteiger partial charge on any atom is 0.183 e. The minimum atomic E-state index is -3.76. The van der Waals surface area contributed by atoms with Crippen LogP contribution in [0.15, 0.2) is 17.0 Å². The van der Waals surface area contributed by atoms with Crippen LogP contribution in [-0.2, 0) is 9.84 Å². The Bertz CT molecular complexity index is 528. The van der Waals surface area contributed by atoms with Gasteiger partial charge < -0.3 is 5.32 Å². The van der Waals surface area contributed by atoms with Crippen molar-refractivity contribution in [3.63, 3.8) is 0 Å². The molecule has 1 heterocycles. The molecule has 0 saturated heterocycles. The molecule has 3 nitrogen and oxygen atoms in total. The zero-order chi connectivity index (χ0) is 11.9. The molecule has 0 saturated carbocycles. The van der Waals surface area contributed by atoms with Crippen LogP contribution in [0.2, 0.25) is 0 Å². The second kappa shape index (κ2) is 3.69. The molecule has 0 bridgehead atoms. The third-order valence-corrected chi connectivity index (χ3v) is 4.53. The van der Waals surface area contributed by atoms with Gasteiger partial charge in [-0.05, 0) is 18.1 Å². The summed E-state index contributed by atoms with van der Waals surface area (Å²) in [7, 11) is -3.76. The summed E-state index contributed by atoms with van der Waals surface area (Å²) in [5.41, 5.74) is 0.142. The molecule has 0 amide bonds. The van der Waals surface area contributed by atoms with E-state index in [-0.39, 0.29) is 17.4 Å². The molecule has 1 unspecified atom stereocenters. The van der Waals surface area contributed by atoms with Gasteiger partial charge in [-0.25, -0.2) is 17.2 Å². The first-order chi connectivity index (χ1) is 7.42. The highest BCUT2D eigenvalue weighted by atomic mass is 32.2. The fourth-order valence-corrected chi connectivity index (χ4v) is 3.66. The number of hydrogen-bond donors (Lipinski definition) is 1. The third kappa shape index (κ3) is 1.77. The van der Waals surface area contributed by atoms with Crippen molar-refractivity contribution in [3.8, 4) is 0 Å². The average Bonchev–Trinajstić information content (AvgIpc) is 2.29. The van der Waals surface area contributed by atoms with Gasteiger partial charge in [0.25, 0.3) is 0 Å². The second-order valence-corrected chi connectivity index (χ2v) is 5.98. The first-order valence-electron chi connectivity index (χ1n) is 4.86. The fourth-order valence-electron chi connectivity index (χ4n) is 1.78. The Hall–Kier alpha value is -1.17. The van der Waals surface area contributed by atoms with E-state index in [1.807, 2.05) is 0 Å². The Morgan fingerprint density at radius 3 is 2.75 bits per heavy atom. The first-order valence-corrected chi connectivity index (χ1v) is 6.51. The Labute approximate surface area is 92.4 Å². The van der Waals surface area contributed by atoms with Crippen LogP contribution in [0.3, 0.4) is 0 Å². The lowest BCUT2D eigenvalue weighted by Crippen LogP contribution is -2.16. The van der Waals surface area contributed by atoms with Gasteiger partial charge in [-0.2, -0.15) is 0 Å². The molecule has 16 heavy (non-hydrogen) atoms. The van der Waals surface area contributed by atoms with Gasteiger partial charge in [0, 0.05) is 6.54 Å². The van der Waals surface area contributed by atoms with E-state index in [0.29, 0.717) is 6.54 Å². The standard InChI is InChI=1S/C10H11F2NO2S/c1-6-4-13-8-3-2-7(11)9(12)10(8)16(14,15)5-6/h2-3,6,13H,4-5H2,1H3. The highest BCUT2D eigenvalue weighted by Crippen LogP contribution is 2.30. The van der Waals surface area contributed by atoms with Gasteiger partial charge in [0.15, 0.2) is 21.5 Å². The smallest absolute Gasteiger partial charge is 0.183 e. The first kappa shape index (κ1) is 11.3. The van der Waals surface area contributed by atoms with Crippen LogP contribution < -0.4 is 5.32 Å². The molecule has 0 radical (unpaired) electrons. The normalized spacial score (nSPS) is 23.1. The summed E-state index contributed by atoms with van der Waals surface area (Å²) in [6.07, 6.45) is 0. The van der Waals surface area contributed by atoms with Gasteiger partial charge in [0.1, 0.15) is 4.90 Å². The zero-order valence-electron chi connectivity index (χ0n) is 8.63. The molecule has 1 aromatic carbocycles. The topological polar surface area (TPSA) is 46.2 Å². The van der Waals surface area contributed by atoms with Gasteiger partial charge >= 0.3 is 0 Å². The lowest BCUT2D eigenvalue weighted by atomic mass is 10.2. The molecule has 88 valence electrons. The van der Waals surface area contributed by atoms with Crippen molar-refractivity contribution in [3.05, 3.63) is 23.8 Å². The lowest BCUT2D eigenvalue weighted by molar-refractivity contribution is 0.486. The summed E-state index contributed by atoms with van der Waals surface area (Å²) in [4.78, 5) is -0.545. The monoisotopic (exact) mass is 247 g/mol. The molecule has 1 aromatic rings. The maximum atomic E-state index is 13.5. The van der Waals surface area contributed by atoms with E-state index < -0.39 is 26.4 Å². The molecule has 0 aromatic heterocycles. The molecule has 1 aliphatic rings. The van der Waals surface area contributed by atoms with Crippen LogP contribution in [-0.4, -0.2) is 20.7 Å². The number of rotatable bonds is 0. The van der Waals surface area contributed by atoms with Crippen molar-refractivity contribution in [2.24, 2.45) is 5.92 Å². The van der Waals surface area contributed by atoms with Crippen molar-refractivity contribution < 1.29 is 17.2 Å². The number of sulfone groups is 1. The van der Waals surface area contributed by atoms with E-state index in [0.717, 1.165) is 6.07 Å². The van der Waals surface area contributed by atoms with Crippen LogP contribution in [0.5, 0.6) is 0 Å². The summed E-state index contributed by atoms with van der Waals surface area (Å²) < 4.78 is 50.2. The lowest BCUT2D eigenvalue weighted by Gasteiger charge is -2.08. The number of fused-ring (bicyclic) bond motifs is 1. The molecule has 0 fully saturated rings. The molecule has 0 aliphatic carbocycles. The maximum absolute atomic E-state index is 13.5. The quantitative estimate of drug-likeness (QED) is 0.760.